The smallest absolute Gasteiger partial charge is 0.407 e. The highest BCUT2D eigenvalue weighted by Gasteiger charge is 2.20. The van der Waals surface area contributed by atoms with Crippen molar-refractivity contribution in [1.82, 2.24) is 5.32 Å². The van der Waals surface area contributed by atoms with Crippen LogP contribution >= 0.6 is 15.9 Å². The van der Waals surface area contributed by atoms with Crippen LogP contribution in [0.5, 0.6) is 0 Å². The van der Waals surface area contributed by atoms with Crippen LogP contribution in [0.25, 0.3) is 0 Å². The monoisotopic (exact) mass is 395 g/mol. The lowest BCUT2D eigenvalue weighted by Crippen LogP contribution is -2.30. The third-order valence-corrected chi connectivity index (χ3v) is 3.84. The molecule has 5 nitrogen and oxygen atoms in total. The number of carboxylic acids is 1. The predicted molar refractivity (Wildman–Crippen MR) is 88.9 cm³/mol. The van der Waals surface area contributed by atoms with Gasteiger partial charge in [-0.1, -0.05) is 36.4 Å². The average molecular weight is 396 g/mol. The number of carboxylic acid groups (broad SMARTS) is 1. The summed E-state index contributed by atoms with van der Waals surface area (Å²) in [5.41, 5.74) is 1.27. The quantitative estimate of drug-likeness (QED) is 0.773. The van der Waals surface area contributed by atoms with Crippen molar-refractivity contribution in [2.75, 3.05) is 0 Å². The third-order valence-electron chi connectivity index (χ3n) is 3.23. The molecule has 0 aliphatic carbocycles. The summed E-state index contributed by atoms with van der Waals surface area (Å²) in [5.74, 6) is -1.57. The van der Waals surface area contributed by atoms with Gasteiger partial charge in [-0.25, -0.2) is 9.18 Å². The average Bonchev–Trinajstić information content (AvgIpc) is 2.55. The summed E-state index contributed by atoms with van der Waals surface area (Å²) in [6.07, 6.45) is -1.09. The van der Waals surface area contributed by atoms with E-state index in [9.17, 15) is 14.0 Å². The van der Waals surface area contributed by atoms with E-state index in [0.29, 0.717) is 5.56 Å². The number of aliphatic carboxylic acids is 1. The highest BCUT2D eigenvalue weighted by Crippen LogP contribution is 2.23. The Bertz CT molecular complexity index is 724. The number of carbonyl (C=O) groups excluding carboxylic acids is 1. The lowest BCUT2D eigenvalue weighted by Gasteiger charge is -2.18. The number of halogens is 2. The first-order valence-electron chi connectivity index (χ1n) is 7.09. The Kier molecular flexibility index (Phi) is 6.31. The first-order valence-corrected chi connectivity index (χ1v) is 7.89. The van der Waals surface area contributed by atoms with Gasteiger partial charge in [0.05, 0.1) is 16.9 Å². The van der Waals surface area contributed by atoms with E-state index in [4.69, 9.17) is 9.84 Å². The van der Waals surface area contributed by atoms with Crippen molar-refractivity contribution in [2.45, 2.75) is 19.1 Å². The second-order valence-electron chi connectivity index (χ2n) is 5.03. The minimum atomic E-state index is -1.09. The molecule has 0 heterocycles. The molecule has 24 heavy (non-hydrogen) atoms. The zero-order valence-electron chi connectivity index (χ0n) is 12.5. The standard InChI is InChI=1S/C17H15BrFNO4/c18-13-8-12(6-7-14(13)19)15(9-16(21)22)20-17(23)24-10-11-4-2-1-3-5-11/h1-8,15H,9-10H2,(H,20,23)(H,21,22)/t15-/m1/s1. The molecule has 2 rings (SSSR count). The second-order valence-corrected chi connectivity index (χ2v) is 5.88. The number of carbonyl (C=O) groups is 2. The van der Waals surface area contributed by atoms with Crippen LogP contribution in [0.2, 0.25) is 0 Å². The van der Waals surface area contributed by atoms with Crippen molar-refractivity contribution in [2.24, 2.45) is 0 Å². The number of rotatable bonds is 6. The van der Waals surface area contributed by atoms with Gasteiger partial charge in [0.2, 0.25) is 0 Å². The molecule has 0 aliphatic heterocycles. The number of hydrogen-bond acceptors (Lipinski definition) is 3. The van der Waals surface area contributed by atoms with E-state index in [1.54, 1.807) is 12.1 Å². The van der Waals surface area contributed by atoms with Gasteiger partial charge in [0.1, 0.15) is 12.4 Å². The number of ether oxygens (including phenoxy) is 1. The van der Waals surface area contributed by atoms with Crippen LogP contribution < -0.4 is 5.32 Å². The fraction of sp³-hybridized carbons (Fsp3) is 0.176. The van der Waals surface area contributed by atoms with Crippen molar-refractivity contribution in [3.63, 3.8) is 0 Å². The largest absolute Gasteiger partial charge is 0.481 e. The fourth-order valence-corrected chi connectivity index (χ4v) is 2.46. The minimum Gasteiger partial charge on any atom is -0.481 e. The summed E-state index contributed by atoms with van der Waals surface area (Å²) in [6.45, 7) is 0.0690. The lowest BCUT2D eigenvalue weighted by atomic mass is 10.0. The normalized spacial score (nSPS) is 11.6. The van der Waals surface area contributed by atoms with Crippen LogP contribution in [-0.4, -0.2) is 17.2 Å². The maximum atomic E-state index is 13.3. The summed E-state index contributed by atoms with van der Waals surface area (Å²) in [4.78, 5) is 22.9. The van der Waals surface area contributed by atoms with Crippen LogP contribution in [0.3, 0.4) is 0 Å². The molecule has 1 atom stereocenters. The highest BCUT2D eigenvalue weighted by atomic mass is 79.9. The van der Waals surface area contributed by atoms with Crippen LogP contribution in [0, 0.1) is 5.82 Å². The topological polar surface area (TPSA) is 75.6 Å². The summed E-state index contributed by atoms with van der Waals surface area (Å²) in [5, 5.41) is 11.5. The molecule has 1 amide bonds. The summed E-state index contributed by atoms with van der Waals surface area (Å²) in [6, 6.07) is 12.3. The summed E-state index contributed by atoms with van der Waals surface area (Å²) >= 11 is 3.04. The van der Waals surface area contributed by atoms with Crippen molar-refractivity contribution < 1.29 is 23.8 Å². The lowest BCUT2D eigenvalue weighted by molar-refractivity contribution is -0.137. The Morgan fingerprint density at radius 3 is 2.54 bits per heavy atom. The van der Waals surface area contributed by atoms with Crippen molar-refractivity contribution in [3.8, 4) is 0 Å². The number of hydrogen-bond donors (Lipinski definition) is 2. The van der Waals surface area contributed by atoms with Crippen LogP contribution in [0.15, 0.2) is 53.0 Å². The Labute approximate surface area is 146 Å². The number of amides is 1. The van der Waals surface area contributed by atoms with E-state index in [1.165, 1.54) is 18.2 Å². The minimum absolute atomic E-state index is 0.0690. The van der Waals surface area contributed by atoms with E-state index in [-0.39, 0.29) is 17.5 Å². The number of nitrogens with one attached hydrogen (secondary N) is 1. The SMILES string of the molecule is O=C(O)C[C@@H](NC(=O)OCc1ccccc1)c1ccc(F)c(Br)c1. The van der Waals surface area contributed by atoms with E-state index in [2.05, 4.69) is 21.2 Å². The molecule has 0 fully saturated rings. The van der Waals surface area contributed by atoms with Gasteiger partial charge in [0, 0.05) is 0 Å². The molecule has 0 spiro atoms. The van der Waals surface area contributed by atoms with Gasteiger partial charge in [0.15, 0.2) is 0 Å². The first-order chi connectivity index (χ1) is 11.5. The van der Waals surface area contributed by atoms with Gasteiger partial charge >= 0.3 is 12.1 Å². The highest BCUT2D eigenvalue weighted by molar-refractivity contribution is 9.10. The van der Waals surface area contributed by atoms with Crippen molar-refractivity contribution in [1.29, 1.82) is 0 Å². The Morgan fingerprint density at radius 2 is 1.92 bits per heavy atom. The molecule has 0 aliphatic rings. The molecule has 0 radical (unpaired) electrons. The molecule has 126 valence electrons. The van der Waals surface area contributed by atoms with E-state index >= 15 is 0 Å². The molecule has 0 saturated heterocycles. The first kappa shape index (κ1) is 17.9. The molecule has 0 bridgehead atoms. The van der Waals surface area contributed by atoms with Gasteiger partial charge in [-0.15, -0.1) is 0 Å². The summed E-state index contributed by atoms with van der Waals surface area (Å²) < 4.78 is 18.6. The third kappa shape index (κ3) is 5.34. The zero-order valence-corrected chi connectivity index (χ0v) is 14.1. The van der Waals surface area contributed by atoms with E-state index in [0.717, 1.165) is 5.56 Å². The molecule has 2 aromatic carbocycles. The van der Waals surface area contributed by atoms with E-state index in [1.807, 2.05) is 18.2 Å². The van der Waals surface area contributed by atoms with Gasteiger partial charge in [0.25, 0.3) is 0 Å². The molecule has 7 heteroatoms. The van der Waals surface area contributed by atoms with Crippen LogP contribution in [0.4, 0.5) is 9.18 Å². The molecule has 2 N–H and O–H groups in total. The van der Waals surface area contributed by atoms with Crippen LogP contribution in [0.1, 0.15) is 23.6 Å². The predicted octanol–water partition coefficient (Wildman–Crippen LogP) is 4.03. The van der Waals surface area contributed by atoms with Gasteiger partial charge in [-0.2, -0.15) is 0 Å². The Hall–Kier alpha value is -2.41. The molecule has 2 aromatic rings. The molecule has 0 aromatic heterocycles. The maximum absolute atomic E-state index is 13.3. The van der Waals surface area contributed by atoms with Gasteiger partial charge in [-0.3, -0.25) is 4.79 Å². The Balaban J connectivity index is 2.03. The Morgan fingerprint density at radius 1 is 1.21 bits per heavy atom. The fourth-order valence-electron chi connectivity index (χ4n) is 2.06. The number of benzene rings is 2. The molecule has 0 unspecified atom stereocenters. The van der Waals surface area contributed by atoms with Gasteiger partial charge in [-0.05, 0) is 39.2 Å². The number of alkyl carbamates (subject to hydrolysis) is 1. The van der Waals surface area contributed by atoms with Crippen LogP contribution in [-0.2, 0) is 16.1 Å². The molecular formula is C17H15BrFNO4. The zero-order chi connectivity index (χ0) is 17.5. The molecule has 0 saturated carbocycles. The van der Waals surface area contributed by atoms with Crippen molar-refractivity contribution in [3.05, 3.63) is 69.9 Å². The van der Waals surface area contributed by atoms with Crippen molar-refractivity contribution >= 4 is 28.0 Å². The molecular weight excluding hydrogens is 381 g/mol. The van der Waals surface area contributed by atoms with Gasteiger partial charge < -0.3 is 15.2 Å². The maximum Gasteiger partial charge on any atom is 0.407 e. The summed E-state index contributed by atoms with van der Waals surface area (Å²) in [7, 11) is 0. The van der Waals surface area contributed by atoms with E-state index < -0.39 is 23.9 Å². The second kappa shape index (κ2) is 8.44.